The third-order valence-corrected chi connectivity index (χ3v) is 4.17. The summed E-state index contributed by atoms with van der Waals surface area (Å²) in [6, 6.07) is 4.53. The van der Waals surface area contributed by atoms with Crippen molar-refractivity contribution < 1.29 is 18.3 Å². The highest BCUT2D eigenvalue weighted by molar-refractivity contribution is 6.31. The first-order chi connectivity index (χ1) is 12.8. The van der Waals surface area contributed by atoms with Crippen LogP contribution in [0.2, 0.25) is 5.02 Å². The number of rotatable bonds is 6. The number of hydrogen-bond acceptors (Lipinski definition) is 4. The molecule has 1 amide bonds. The van der Waals surface area contributed by atoms with Crippen LogP contribution in [0.1, 0.15) is 16.2 Å². The van der Waals surface area contributed by atoms with Crippen molar-refractivity contribution in [2.75, 3.05) is 7.05 Å². The fourth-order valence-corrected chi connectivity index (χ4v) is 2.61. The summed E-state index contributed by atoms with van der Waals surface area (Å²) in [6.07, 6.45) is 3.04. The van der Waals surface area contributed by atoms with Gasteiger partial charge in [0.2, 0.25) is 0 Å². The number of aromatic nitrogens is 4. The van der Waals surface area contributed by atoms with E-state index in [1.807, 2.05) is 0 Å². The van der Waals surface area contributed by atoms with Crippen LogP contribution in [0.25, 0.3) is 0 Å². The zero-order valence-electron chi connectivity index (χ0n) is 14.6. The average molecular weight is 396 g/mol. The van der Waals surface area contributed by atoms with Crippen molar-refractivity contribution in [3.63, 3.8) is 0 Å². The summed E-state index contributed by atoms with van der Waals surface area (Å²) in [5.41, 5.74) is 0.890. The maximum Gasteiger partial charge on any atom is 0.274 e. The number of halogens is 3. The second-order valence-electron chi connectivity index (χ2n) is 5.81. The van der Waals surface area contributed by atoms with Crippen molar-refractivity contribution in [1.29, 1.82) is 0 Å². The second-order valence-corrected chi connectivity index (χ2v) is 6.22. The molecule has 7 nitrogen and oxygen atoms in total. The minimum atomic E-state index is -0.814. The molecule has 0 radical (unpaired) electrons. The summed E-state index contributed by atoms with van der Waals surface area (Å²) >= 11 is 6.05. The lowest BCUT2D eigenvalue weighted by Crippen LogP contribution is -2.28. The van der Waals surface area contributed by atoms with Crippen molar-refractivity contribution >= 4 is 17.5 Å². The maximum absolute atomic E-state index is 13.6. The van der Waals surface area contributed by atoms with Crippen molar-refractivity contribution in [2.45, 2.75) is 13.3 Å². The zero-order valence-corrected chi connectivity index (χ0v) is 15.3. The Hall–Kier alpha value is -2.94. The highest BCUT2D eigenvalue weighted by Gasteiger charge is 2.18. The topological polar surface area (TPSA) is 65.2 Å². The maximum atomic E-state index is 13.6. The molecule has 0 unspecified atom stereocenters. The van der Waals surface area contributed by atoms with Gasteiger partial charge in [0, 0.05) is 26.4 Å². The fourth-order valence-electron chi connectivity index (χ4n) is 2.38. The van der Waals surface area contributed by atoms with Crippen LogP contribution in [-0.2, 0) is 20.3 Å². The standard InChI is InChI=1S/C17H16ClF2N5O2/c1-23(9-15-12(18)8-21-24(15)2)17(26)14-5-6-25(22-14)10-27-16-4-3-11(19)7-13(16)20/h3-8H,9-10H2,1-2H3. The zero-order chi connectivity index (χ0) is 19.6. The fraction of sp³-hybridized carbons (Fsp3) is 0.235. The lowest BCUT2D eigenvalue weighted by molar-refractivity contribution is 0.0774. The summed E-state index contributed by atoms with van der Waals surface area (Å²) < 4.78 is 34.6. The third kappa shape index (κ3) is 4.25. The molecule has 0 fully saturated rings. The van der Waals surface area contributed by atoms with Crippen LogP contribution in [0.4, 0.5) is 8.78 Å². The SMILES string of the molecule is CN(Cc1c(Cl)cnn1C)C(=O)c1ccn(COc2ccc(F)cc2F)n1. The van der Waals surface area contributed by atoms with E-state index >= 15 is 0 Å². The Morgan fingerprint density at radius 3 is 2.78 bits per heavy atom. The van der Waals surface area contributed by atoms with Crippen LogP contribution in [0.5, 0.6) is 5.75 Å². The number of carbonyl (C=O) groups excluding carboxylic acids is 1. The van der Waals surface area contributed by atoms with E-state index in [1.54, 1.807) is 18.8 Å². The van der Waals surface area contributed by atoms with Gasteiger partial charge in [-0.3, -0.25) is 9.48 Å². The first kappa shape index (κ1) is 18.8. The van der Waals surface area contributed by atoms with Crippen LogP contribution in [0.3, 0.4) is 0 Å². The number of ether oxygens (including phenoxy) is 1. The Bertz CT molecular complexity index is 953. The average Bonchev–Trinajstić information content (AvgIpc) is 3.22. The predicted molar refractivity (Wildman–Crippen MR) is 93.2 cm³/mol. The smallest absolute Gasteiger partial charge is 0.274 e. The molecule has 0 aliphatic carbocycles. The normalized spacial score (nSPS) is 10.9. The monoisotopic (exact) mass is 395 g/mol. The summed E-state index contributed by atoms with van der Waals surface area (Å²) in [5.74, 6) is -1.93. The second kappa shape index (κ2) is 7.75. The number of amides is 1. The third-order valence-electron chi connectivity index (χ3n) is 3.85. The first-order valence-electron chi connectivity index (χ1n) is 7.88. The van der Waals surface area contributed by atoms with E-state index in [-0.39, 0.29) is 30.6 Å². The van der Waals surface area contributed by atoms with Gasteiger partial charge >= 0.3 is 0 Å². The minimum Gasteiger partial charge on any atom is -0.468 e. The summed E-state index contributed by atoms with van der Waals surface area (Å²) in [4.78, 5) is 14.0. The molecule has 2 heterocycles. The molecule has 10 heteroatoms. The Morgan fingerprint density at radius 2 is 2.11 bits per heavy atom. The van der Waals surface area contributed by atoms with Gasteiger partial charge in [0.1, 0.15) is 5.82 Å². The number of hydrogen-bond donors (Lipinski definition) is 0. The van der Waals surface area contributed by atoms with Crippen molar-refractivity contribution in [2.24, 2.45) is 7.05 Å². The van der Waals surface area contributed by atoms with E-state index < -0.39 is 11.6 Å². The molecule has 0 atom stereocenters. The van der Waals surface area contributed by atoms with Crippen molar-refractivity contribution in [1.82, 2.24) is 24.5 Å². The van der Waals surface area contributed by atoms with Gasteiger partial charge < -0.3 is 9.64 Å². The first-order valence-corrected chi connectivity index (χ1v) is 8.26. The van der Waals surface area contributed by atoms with E-state index in [4.69, 9.17) is 16.3 Å². The van der Waals surface area contributed by atoms with E-state index in [9.17, 15) is 13.6 Å². The molecule has 1 aromatic carbocycles. The Labute approximate surface area is 158 Å². The Balaban J connectivity index is 1.63. The van der Waals surface area contributed by atoms with Crippen molar-refractivity contribution in [3.05, 3.63) is 64.7 Å². The Morgan fingerprint density at radius 1 is 1.33 bits per heavy atom. The van der Waals surface area contributed by atoms with Crippen LogP contribution in [0, 0.1) is 11.6 Å². The van der Waals surface area contributed by atoms with E-state index in [1.165, 1.54) is 34.1 Å². The molecule has 0 aliphatic rings. The van der Waals surface area contributed by atoms with Crippen LogP contribution < -0.4 is 4.74 Å². The molecule has 0 saturated carbocycles. The molecular formula is C17H16ClF2N5O2. The molecule has 0 aliphatic heterocycles. The number of benzene rings is 1. The van der Waals surface area contributed by atoms with Gasteiger partial charge in [-0.2, -0.15) is 10.2 Å². The number of nitrogens with zero attached hydrogens (tertiary/aromatic N) is 5. The van der Waals surface area contributed by atoms with Gasteiger partial charge in [-0.1, -0.05) is 11.6 Å². The predicted octanol–water partition coefficient (Wildman–Crippen LogP) is 2.86. The molecule has 142 valence electrons. The number of carbonyl (C=O) groups is 1. The van der Waals surface area contributed by atoms with Gasteiger partial charge in [0.15, 0.2) is 24.0 Å². The van der Waals surface area contributed by atoms with Gasteiger partial charge in [-0.05, 0) is 18.2 Å². The summed E-state index contributed by atoms with van der Waals surface area (Å²) in [6.45, 7) is 0.130. The molecule has 3 rings (SSSR count). The van der Waals surface area contributed by atoms with E-state index in [0.29, 0.717) is 10.7 Å². The molecule has 0 bridgehead atoms. The molecule has 2 aromatic heterocycles. The molecule has 27 heavy (non-hydrogen) atoms. The highest BCUT2D eigenvalue weighted by Crippen LogP contribution is 2.18. The van der Waals surface area contributed by atoms with Gasteiger partial charge in [-0.25, -0.2) is 13.5 Å². The van der Waals surface area contributed by atoms with Gasteiger partial charge in [0.25, 0.3) is 5.91 Å². The highest BCUT2D eigenvalue weighted by atomic mass is 35.5. The van der Waals surface area contributed by atoms with Crippen LogP contribution >= 0.6 is 11.6 Å². The van der Waals surface area contributed by atoms with Crippen molar-refractivity contribution in [3.8, 4) is 5.75 Å². The van der Waals surface area contributed by atoms with Gasteiger partial charge in [-0.15, -0.1) is 0 Å². The number of aryl methyl sites for hydroxylation is 1. The van der Waals surface area contributed by atoms with Crippen LogP contribution in [-0.4, -0.2) is 37.4 Å². The lowest BCUT2D eigenvalue weighted by atomic mass is 10.3. The van der Waals surface area contributed by atoms with Crippen LogP contribution in [0.15, 0.2) is 36.7 Å². The van der Waals surface area contributed by atoms with Gasteiger partial charge in [0.05, 0.1) is 23.5 Å². The molecule has 3 aromatic rings. The molecule has 0 N–H and O–H groups in total. The molecule has 0 spiro atoms. The largest absolute Gasteiger partial charge is 0.468 e. The Kier molecular flexibility index (Phi) is 5.41. The van der Waals surface area contributed by atoms with E-state index in [0.717, 1.165) is 12.1 Å². The summed E-state index contributed by atoms with van der Waals surface area (Å²) in [7, 11) is 3.36. The summed E-state index contributed by atoms with van der Waals surface area (Å²) in [5, 5.41) is 8.61. The minimum absolute atomic E-state index is 0.109. The quantitative estimate of drug-likeness (QED) is 0.643. The van der Waals surface area contributed by atoms with E-state index in [2.05, 4.69) is 10.2 Å². The lowest BCUT2D eigenvalue weighted by Gasteiger charge is -2.16. The molecule has 0 saturated heterocycles. The molecular weight excluding hydrogens is 380 g/mol.